The van der Waals surface area contributed by atoms with Crippen LogP contribution in [0.5, 0.6) is 5.75 Å². The molecular formula is C18H21ClN3O4+. The highest BCUT2D eigenvalue weighted by Crippen LogP contribution is 2.22. The third kappa shape index (κ3) is 4.71. The number of likely N-dealkylation sites (N-methyl/N-ethyl adjacent to an activating group) is 1. The summed E-state index contributed by atoms with van der Waals surface area (Å²) in [5, 5.41) is 13.7. The molecule has 0 aliphatic carbocycles. The van der Waals surface area contributed by atoms with Gasteiger partial charge < -0.3 is 15.0 Å². The fraction of sp³-hybridized carbons (Fsp3) is 0.278. The smallest absolute Gasteiger partial charge is 0.270 e. The SMILES string of the molecule is COc1cccc([C@@H](CNC(=O)c2ccc([N+](=O)[O-])cc2Cl)[NH+](C)C)c1. The Balaban J connectivity index is 2.13. The predicted octanol–water partition coefficient (Wildman–Crippen LogP) is 1.87. The summed E-state index contributed by atoms with van der Waals surface area (Å²) >= 11 is 6.02. The number of quaternary nitrogens is 1. The molecule has 0 spiro atoms. The van der Waals surface area contributed by atoms with Crippen LogP contribution in [0, 0.1) is 10.1 Å². The molecule has 0 aromatic heterocycles. The van der Waals surface area contributed by atoms with Crippen molar-refractivity contribution in [3.63, 3.8) is 0 Å². The summed E-state index contributed by atoms with van der Waals surface area (Å²) in [6.45, 7) is 0.377. The van der Waals surface area contributed by atoms with Gasteiger partial charge in [0.15, 0.2) is 0 Å². The van der Waals surface area contributed by atoms with Crippen LogP contribution in [0.2, 0.25) is 5.02 Å². The van der Waals surface area contributed by atoms with Crippen LogP contribution in [0.15, 0.2) is 42.5 Å². The van der Waals surface area contributed by atoms with E-state index in [-0.39, 0.29) is 28.2 Å². The second-order valence-electron chi connectivity index (χ2n) is 6.04. The molecule has 0 radical (unpaired) electrons. The number of halogens is 1. The van der Waals surface area contributed by atoms with Crippen LogP contribution in [-0.4, -0.2) is 38.6 Å². The van der Waals surface area contributed by atoms with Crippen molar-refractivity contribution in [2.45, 2.75) is 6.04 Å². The van der Waals surface area contributed by atoms with E-state index < -0.39 is 4.92 Å². The van der Waals surface area contributed by atoms with Gasteiger partial charge in [-0.3, -0.25) is 14.9 Å². The number of benzene rings is 2. The maximum Gasteiger partial charge on any atom is 0.270 e. The lowest BCUT2D eigenvalue weighted by molar-refractivity contribution is -0.890. The molecule has 0 heterocycles. The first kappa shape index (κ1) is 19.7. The first-order chi connectivity index (χ1) is 12.3. The van der Waals surface area contributed by atoms with Crippen molar-refractivity contribution in [3.05, 3.63) is 68.7 Å². The molecule has 0 saturated heterocycles. The van der Waals surface area contributed by atoms with Crippen molar-refractivity contribution >= 4 is 23.2 Å². The van der Waals surface area contributed by atoms with E-state index in [1.54, 1.807) is 7.11 Å². The van der Waals surface area contributed by atoms with Crippen molar-refractivity contribution in [1.29, 1.82) is 0 Å². The number of non-ortho nitro benzene ring substituents is 1. The van der Waals surface area contributed by atoms with E-state index in [9.17, 15) is 14.9 Å². The number of rotatable bonds is 7. The zero-order valence-corrected chi connectivity index (χ0v) is 15.5. The molecule has 0 aliphatic heterocycles. The number of ether oxygens (including phenoxy) is 1. The van der Waals surface area contributed by atoms with Crippen molar-refractivity contribution in [2.24, 2.45) is 0 Å². The minimum atomic E-state index is -0.554. The standard InChI is InChI=1S/C18H20ClN3O4/c1-21(2)17(12-5-4-6-14(9-12)26-3)11-20-18(23)15-8-7-13(22(24)25)10-16(15)19/h4-10,17H,11H2,1-3H3,(H,20,23)/p+1/t17-/m1/s1. The van der Waals surface area contributed by atoms with Gasteiger partial charge >= 0.3 is 0 Å². The Morgan fingerprint density at radius 1 is 1.31 bits per heavy atom. The van der Waals surface area contributed by atoms with Gasteiger partial charge in [-0.15, -0.1) is 0 Å². The number of nitro benzene ring substituents is 1. The summed E-state index contributed by atoms with van der Waals surface area (Å²) in [5.74, 6) is 0.373. The van der Waals surface area contributed by atoms with Gasteiger partial charge in [-0.05, 0) is 18.2 Å². The second kappa shape index (κ2) is 8.64. The van der Waals surface area contributed by atoms with E-state index in [0.717, 1.165) is 16.2 Å². The molecule has 138 valence electrons. The molecule has 1 atom stereocenters. The minimum absolute atomic E-state index is 0.00544. The van der Waals surface area contributed by atoms with Gasteiger partial charge in [-0.25, -0.2) is 0 Å². The number of hydrogen-bond acceptors (Lipinski definition) is 4. The van der Waals surface area contributed by atoms with Crippen LogP contribution in [0.4, 0.5) is 5.69 Å². The lowest BCUT2D eigenvalue weighted by atomic mass is 10.1. The third-order valence-corrected chi connectivity index (χ3v) is 4.38. The lowest BCUT2D eigenvalue weighted by Gasteiger charge is -2.22. The first-order valence-electron chi connectivity index (χ1n) is 7.99. The van der Waals surface area contributed by atoms with E-state index in [1.165, 1.54) is 18.2 Å². The molecule has 0 bridgehead atoms. The fourth-order valence-corrected chi connectivity index (χ4v) is 2.87. The van der Waals surface area contributed by atoms with E-state index >= 15 is 0 Å². The van der Waals surface area contributed by atoms with Gasteiger partial charge in [0.25, 0.3) is 11.6 Å². The van der Waals surface area contributed by atoms with Crippen molar-refractivity contribution in [1.82, 2.24) is 5.32 Å². The van der Waals surface area contributed by atoms with Crippen molar-refractivity contribution < 1.29 is 19.4 Å². The Kier molecular flexibility index (Phi) is 6.54. The lowest BCUT2D eigenvalue weighted by Crippen LogP contribution is -3.07. The molecule has 2 aromatic carbocycles. The summed E-state index contributed by atoms with van der Waals surface area (Å²) < 4.78 is 5.26. The highest BCUT2D eigenvalue weighted by Gasteiger charge is 2.21. The quantitative estimate of drug-likeness (QED) is 0.569. The van der Waals surface area contributed by atoms with Crippen LogP contribution < -0.4 is 15.0 Å². The monoisotopic (exact) mass is 378 g/mol. The zero-order valence-electron chi connectivity index (χ0n) is 14.8. The summed E-state index contributed by atoms with van der Waals surface area (Å²) in [7, 11) is 5.60. The maximum absolute atomic E-state index is 12.4. The Labute approximate surface area is 156 Å². The molecule has 0 fully saturated rings. The van der Waals surface area contributed by atoms with Gasteiger partial charge in [0.1, 0.15) is 11.8 Å². The molecule has 0 unspecified atom stereocenters. The summed E-state index contributed by atoms with van der Waals surface area (Å²) in [6.07, 6.45) is 0. The van der Waals surface area contributed by atoms with E-state index in [2.05, 4.69) is 5.32 Å². The Morgan fingerprint density at radius 2 is 2.04 bits per heavy atom. The average Bonchev–Trinajstić information content (AvgIpc) is 2.61. The summed E-state index contributed by atoms with van der Waals surface area (Å²) in [6, 6.07) is 11.5. The van der Waals surface area contributed by atoms with Crippen LogP contribution >= 0.6 is 11.6 Å². The number of amides is 1. The molecule has 8 heteroatoms. The number of nitrogens with one attached hydrogen (secondary N) is 2. The van der Waals surface area contributed by atoms with Crippen molar-refractivity contribution in [3.8, 4) is 5.75 Å². The topological polar surface area (TPSA) is 85.9 Å². The highest BCUT2D eigenvalue weighted by molar-refractivity contribution is 6.34. The van der Waals surface area contributed by atoms with Gasteiger partial charge in [-0.2, -0.15) is 0 Å². The predicted molar refractivity (Wildman–Crippen MR) is 99.0 cm³/mol. The summed E-state index contributed by atoms with van der Waals surface area (Å²) in [4.78, 5) is 23.8. The number of carbonyl (C=O) groups is 1. The van der Waals surface area contributed by atoms with E-state index in [4.69, 9.17) is 16.3 Å². The molecule has 2 aromatic rings. The Morgan fingerprint density at radius 3 is 2.62 bits per heavy atom. The largest absolute Gasteiger partial charge is 0.497 e. The molecule has 0 aliphatic rings. The highest BCUT2D eigenvalue weighted by atomic mass is 35.5. The van der Waals surface area contributed by atoms with Crippen LogP contribution in [0.1, 0.15) is 22.0 Å². The van der Waals surface area contributed by atoms with Gasteiger partial charge in [0.05, 0.1) is 43.3 Å². The Bertz CT molecular complexity index is 811. The number of methoxy groups -OCH3 is 1. The third-order valence-electron chi connectivity index (χ3n) is 4.07. The fourth-order valence-electron chi connectivity index (χ4n) is 2.61. The number of hydrogen-bond donors (Lipinski definition) is 2. The number of carbonyl (C=O) groups excluding carboxylic acids is 1. The van der Waals surface area contributed by atoms with Gasteiger partial charge in [0.2, 0.25) is 0 Å². The van der Waals surface area contributed by atoms with Crippen LogP contribution in [0.25, 0.3) is 0 Å². The molecule has 2 rings (SSSR count). The normalized spacial score (nSPS) is 11.9. The van der Waals surface area contributed by atoms with Gasteiger partial charge in [-0.1, -0.05) is 23.7 Å². The molecule has 1 amide bonds. The molecule has 7 nitrogen and oxygen atoms in total. The van der Waals surface area contributed by atoms with E-state index in [1.807, 2.05) is 38.4 Å². The summed E-state index contributed by atoms with van der Waals surface area (Å²) in [5.41, 5.74) is 1.08. The number of nitrogens with zero attached hydrogens (tertiary/aromatic N) is 1. The van der Waals surface area contributed by atoms with Crippen LogP contribution in [0.3, 0.4) is 0 Å². The van der Waals surface area contributed by atoms with Crippen molar-refractivity contribution in [2.75, 3.05) is 27.7 Å². The minimum Gasteiger partial charge on any atom is -0.497 e. The van der Waals surface area contributed by atoms with E-state index in [0.29, 0.717) is 6.54 Å². The molecular weight excluding hydrogens is 358 g/mol. The first-order valence-corrected chi connectivity index (χ1v) is 8.37. The number of nitro groups is 1. The maximum atomic E-state index is 12.4. The van der Waals surface area contributed by atoms with Crippen LogP contribution in [-0.2, 0) is 0 Å². The van der Waals surface area contributed by atoms with Gasteiger partial charge in [0, 0.05) is 17.7 Å². The zero-order chi connectivity index (χ0) is 19.3. The molecule has 2 N–H and O–H groups in total. The molecule has 0 saturated carbocycles. The second-order valence-corrected chi connectivity index (χ2v) is 6.45. The Hall–Kier alpha value is -2.64. The molecule has 26 heavy (non-hydrogen) atoms. The average molecular weight is 379 g/mol.